The number of ether oxygens (including phenoxy) is 1. The first-order valence-corrected chi connectivity index (χ1v) is 10.9. The van der Waals surface area contributed by atoms with E-state index < -0.39 is 12.0 Å². The molecule has 2 heterocycles. The predicted octanol–water partition coefficient (Wildman–Crippen LogP) is 3.22. The Morgan fingerprint density at radius 1 is 1.09 bits per heavy atom. The topological polar surface area (TPSA) is 118 Å². The Bertz CT molecular complexity index is 1320. The minimum Gasteiger partial charge on any atom is -0.461 e. The number of aromatic amines is 1. The van der Waals surface area contributed by atoms with E-state index in [4.69, 9.17) is 4.74 Å². The summed E-state index contributed by atoms with van der Waals surface area (Å²) in [5.41, 5.74) is 3.41. The normalized spacial score (nSPS) is 11.7. The quantitative estimate of drug-likeness (QED) is 0.350. The van der Waals surface area contributed by atoms with Crippen molar-refractivity contribution in [2.75, 3.05) is 11.9 Å². The zero-order valence-electron chi connectivity index (χ0n) is 18.9. The first-order chi connectivity index (χ1) is 16.4. The molecule has 0 bridgehead atoms. The fraction of sp³-hybridized carbons (Fsp3) is 0.200. The van der Waals surface area contributed by atoms with Crippen molar-refractivity contribution in [3.05, 3.63) is 78.2 Å². The monoisotopic (exact) mass is 459 g/mol. The lowest BCUT2D eigenvalue weighted by Crippen LogP contribution is -2.44. The number of H-pyrrole nitrogens is 1. The van der Waals surface area contributed by atoms with Gasteiger partial charge in [0.1, 0.15) is 6.04 Å². The van der Waals surface area contributed by atoms with Crippen molar-refractivity contribution in [1.82, 2.24) is 20.1 Å². The summed E-state index contributed by atoms with van der Waals surface area (Å²) in [6, 6.07) is 15.6. The molecule has 0 aliphatic heterocycles. The van der Waals surface area contributed by atoms with Gasteiger partial charge in [-0.3, -0.25) is 9.59 Å². The zero-order valence-corrected chi connectivity index (χ0v) is 18.9. The van der Waals surface area contributed by atoms with Crippen molar-refractivity contribution in [3.63, 3.8) is 0 Å². The number of aromatic nitrogens is 3. The molecular weight excluding hydrogens is 434 g/mol. The number of nitrogens with one attached hydrogen (secondary N) is 3. The molecule has 0 spiro atoms. The lowest BCUT2D eigenvalue weighted by molar-refractivity contribution is -0.125. The number of carbonyl (C=O) groups excluding carboxylic acids is 3. The Morgan fingerprint density at radius 3 is 2.59 bits per heavy atom. The van der Waals surface area contributed by atoms with Crippen LogP contribution >= 0.6 is 0 Å². The number of carbonyl (C=O) groups is 3. The molecule has 0 fully saturated rings. The predicted molar refractivity (Wildman–Crippen MR) is 128 cm³/mol. The summed E-state index contributed by atoms with van der Waals surface area (Å²) in [4.78, 5) is 39.8. The number of amides is 2. The molecular formula is C25H25N5O4. The van der Waals surface area contributed by atoms with E-state index in [-0.39, 0.29) is 24.1 Å². The second-order valence-corrected chi connectivity index (χ2v) is 7.72. The first kappa shape index (κ1) is 22.8. The molecule has 9 heteroatoms. The molecule has 0 radical (unpaired) electrons. The van der Waals surface area contributed by atoms with Crippen LogP contribution in [0.2, 0.25) is 0 Å². The second kappa shape index (κ2) is 10.0. The van der Waals surface area contributed by atoms with Crippen LogP contribution in [0.4, 0.5) is 5.69 Å². The summed E-state index contributed by atoms with van der Waals surface area (Å²) in [6.07, 6.45) is 3.86. The number of hydrogen-bond donors (Lipinski definition) is 3. The largest absolute Gasteiger partial charge is 0.461 e. The standard InChI is InChI=1S/C25H25N5O4/c1-3-34-25(33)22-12-13-30(29-22)19-10-8-18(9-11-19)28-24(32)23(27-16(2)31)14-17-15-26-21-7-5-4-6-20(17)21/h4-13,15,23,26H,3,14H2,1-2H3,(H,27,31)(H,28,32). The van der Waals surface area contributed by atoms with Crippen molar-refractivity contribution in [2.24, 2.45) is 0 Å². The molecule has 1 unspecified atom stereocenters. The summed E-state index contributed by atoms with van der Waals surface area (Å²) in [5.74, 6) is -1.09. The summed E-state index contributed by atoms with van der Waals surface area (Å²) >= 11 is 0. The maximum Gasteiger partial charge on any atom is 0.358 e. The van der Waals surface area contributed by atoms with Crippen LogP contribution in [0.3, 0.4) is 0 Å². The highest BCUT2D eigenvalue weighted by Crippen LogP contribution is 2.20. The number of anilines is 1. The molecule has 174 valence electrons. The fourth-order valence-corrected chi connectivity index (χ4v) is 3.68. The number of benzene rings is 2. The van der Waals surface area contributed by atoms with Crippen LogP contribution in [-0.2, 0) is 20.7 Å². The molecule has 2 aromatic heterocycles. The smallest absolute Gasteiger partial charge is 0.358 e. The Hall–Kier alpha value is -4.40. The average molecular weight is 460 g/mol. The summed E-state index contributed by atoms with van der Waals surface area (Å²) in [5, 5.41) is 10.8. The van der Waals surface area contributed by atoms with Crippen molar-refractivity contribution >= 4 is 34.4 Å². The molecule has 34 heavy (non-hydrogen) atoms. The van der Waals surface area contributed by atoms with Crippen LogP contribution in [0, 0.1) is 0 Å². The molecule has 2 aromatic carbocycles. The Morgan fingerprint density at radius 2 is 1.85 bits per heavy atom. The van der Waals surface area contributed by atoms with E-state index >= 15 is 0 Å². The third kappa shape index (κ3) is 5.15. The molecule has 9 nitrogen and oxygen atoms in total. The molecule has 1 atom stereocenters. The average Bonchev–Trinajstić information content (AvgIpc) is 3.47. The van der Waals surface area contributed by atoms with Gasteiger partial charge in [0.15, 0.2) is 5.69 Å². The van der Waals surface area contributed by atoms with Crippen LogP contribution in [0.15, 0.2) is 67.0 Å². The van der Waals surface area contributed by atoms with Gasteiger partial charge in [0.2, 0.25) is 11.8 Å². The molecule has 3 N–H and O–H groups in total. The van der Waals surface area contributed by atoms with Crippen LogP contribution in [0.1, 0.15) is 29.9 Å². The number of para-hydroxylation sites is 1. The van der Waals surface area contributed by atoms with E-state index in [0.29, 0.717) is 17.8 Å². The maximum absolute atomic E-state index is 13.0. The van der Waals surface area contributed by atoms with E-state index in [9.17, 15) is 14.4 Å². The van der Waals surface area contributed by atoms with E-state index in [1.54, 1.807) is 48.1 Å². The zero-order chi connectivity index (χ0) is 24.1. The third-order valence-electron chi connectivity index (χ3n) is 5.27. The number of rotatable bonds is 8. The summed E-state index contributed by atoms with van der Waals surface area (Å²) < 4.78 is 6.51. The lowest BCUT2D eigenvalue weighted by atomic mass is 10.0. The Balaban J connectivity index is 1.46. The van der Waals surface area contributed by atoms with Gasteiger partial charge in [0.25, 0.3) is 0 Å². The highest BCUT2D eigenvalue weighted by molar-refractivity contribution is 5.97. The molecule has 4 rings (SSSR count). The van der Waals surface area contributed by atoms with Gasteiger partial charge in [0, 0.05) is 42.3 Å². The Kier molecular flexibility index (Phi) is 6.72. The van der Waals surface area contributed by atoms with Crippen LogP contribution in [-0.4, -0.2) is 45.2 Å². The molecule has 0 aliphatic carbocycles. The molecule has 0 saturated heterocycles. The van der Waals surface area contributed by atoms with E-state index in [1.165, 1.54) is 6.92 Å². The van der Waals surface area contributed by atoms with Gasteiger partial charge in [0.05, 0.1) is 12.3 Å². The highest BCUT2D eigenvalue weighted by atomic mass is 16.5. The van der Waals surface area contributed by atoms with Gasteiger partial charge in [-0.25, -0.2) is 9.48 Å². The van der Waals surface area contributed by atoms with E-state index in [0.717, 1.165) is 16.5 Å². The SMILES string of the molecule is CCOC(=O)c1ccn(-c2ccc(NC(=O)C(Cc3c[nH]c4ccccc34)NC(C)=O)cc2)n1. The van der Waals surface area contributed by atoms with Crippen molar-refractivity contribution in [3.8, 4) is 5.69 Å². The number of hydrogen-bond acceptors (Lipinski definition) is 5. The van der Waals surface area contributed by atoms with Crippen molar-refractivity contribution in [1.29, 1.82) is 0 Å². The molecule has 4 aromatic rings. The fourth-order valence-electron chi connectivity index (χ4n) is 3.68. The lowest BCUT2D eigenvalue weighted by Gasteiger charge is -2.17. The minimum atomic E-state index is -0.741. The molecule has 0 aliphatic rings. The Labute approximate surface area is 196 Å². The van der Waals surface area contributed by atoms with Gasteiger partial charge in [-0.2, -0.15) is 5.10 Å². The van der Waals surface area contributed by atoms with Crippen molar-refractivity contribution in [2.45, 2.75) is 26.3 Å². The number of esters is 1. The number of nitrogens with zero attached hydrogens (tertiary/aromatic N) is 2. The summed E-state index contributed by atoms with van der Waals surface area (Å²) in [6.45, 7) is 3.40. The molecule has 2 amide bonds. The minimum absolute atomic E-state index is 0.217. The van der Waals surface area contributed by atoms with Crippen molar-refractivity contribution < 1.29 is 19.1 Å². The van der Waals surface area contributed by atoms with Crippen LogP contribution in [0.25, 0.3) is 16.6 Å². The van der Waals surface area contributed by atoms with Gasteiger partial charge in [-0.15, -0.1) is 0 Å². The number of fused-ring (bicyclic) bond motifs is 1. The van der Waals surface area contributed by atoms with E-state index in [2.05, 4.69) is 20.7 Å². The third-order valence-corrected chi connectivity index (χ3v) is 5.27. The van der Waals surface area contributed by atoms with Gasteiger partial charge >= 0.3 is 5.97 Å². The van der Waals surface area contributed by atoms with E-state index in [1.807, 2.05) is 30.5 Å². The maximum atomic E-state index is 13.0. The van der Waals surface area contributed by atoms with Crippen LogP contribution < -0.4 is 10.6 Å². The first-order valence-electron chi connectivity index (χ1n) is 10.9. The van der Waals surface area contributed by atoms with Gasteiger partial charge < -0.3 is 20.4 Å². The van der Waals surface area contributed by atoms with Crippen LogP contribution in [0.5, 0.6) is 0 Å². The summed E-state index contributed by atoms with van der Waals surface area (Å²) in [7, 11) is 0. The van der Waals surface area contributed by atoms with Gasteiger partial charge in [-0.05, 0) is 48.9 Å². The second-order valence-electron chi connectivity index (χ2n) is 7.72. The highest BCUT2D eigenvalue weighted by Gasteiger charge is 2.22. The van der Waals surface area contributed by atoms with Gasteiger partial charge in [-0.1, -0.05) is 18.2 Å². The molecule has 0 saturated carbocycles.